The third-order valence-corrected chi connectivity index (χ3v) is 5.58. The van der Waals surface area contributed by atoms with Crippen molar-refractivity contribution in [3.63, 3.8) is 0 Å². The third-order valence-electron chi connectivity index (χ3n) is 5.58. The van der Waals surface area contributed by atoms with Crippen LogP contribution in [0.25, 0.3) is 0 Å². The van der Waals surface area contributed by atoms with Crippen LogP contribution < -0.4 is 34.2 Å². The summed E-state index contributed by atoms with van der Waals surface area (Å²) in [4.78, 5) is 12.4. The normalized spacial score (nSPS) is 14.1. The quantitative estimate of drug-likeness (QED) is 0.371. The summed E-state index contributed by atoms with van der Waals surface area (Å²) in [5.74, 6) is 1.53. The average Bonchev–Trinajstić information content (AvgIpc) is 2.90. The zero-order chi connectivity index (χ0) is 25.7. The van der Waals surface area contributed by atoms with E-state index in [2.05, 4.69) is 6.07 Å². The Hall–Kier alpha value is -4.84. The summed E-state index contributed by atoms with van der Waals surface area (Å²) < 4.78 is 32.7. The van der Waals surface area contributed by atoms with Gasteiger partial charge in [-0.3, -0.25) is 0 Å². The molecule has 0 spiro atoms. The van der Waals surface area contributed by atoms with Crippen molar-refractivity contribution in [2.45, 2.75) is 5.92 Å². The monoisotopic (exact) mass is 488 g/mol. The Morgan fingerprint density at radius 1 is 0.944 bits per heavy atom. The second-order valence-electron chi connectivity index (χ2n) is 7.65. The number of fused-ring (bicyclic) bond motifs is 1. The summed E-state index contributed by atoms with van der Waals surface area (Å²) in [6.07, 6.45) is 0. The molecule has 0 aliphatic carbocycles. The summed E-state index contributed by atoms with van der Waals surface area (Å²) in [6.45, 7) is -0.297. The standard InChI is InChI=1S/C27H24N2O7/c1-31-16-7-9-17(10-8-16)34-15-24(30)35-18-11-12-19-23(13-18)36-27(29)21(14-28)25(19)20-5-4-6-22(32-2)26(20)33-3/h4-13,25H,15,29H2,1-3H3. The number of esters is 1. The van der Waals surface area contributed by atoms with Crippen LogP contribution >= 0.6 is 0 Å². The molecule has 0 radical (unpaired) electrons. The molecule has 0 amide bonds. The van der Waals surface area contributed by atoms with E-state index in [0.717, 1.165) is 0 Å². The van der Waals surface area contributed by atoms with Gasteiger partial charge in [0, 0.05) is 17.2 Å². The second kappa shape index (κ2) is 10.6. The molecule has 36 heavy (non-hydrogen) atoms. The molecule has 9 heteroatoms. The van der Waals surface area contributed by atoms with Crippen LogP contribution in [0.1, 0.15) is 17.0 Å². The number of nitrogens with two attached hydrogens (primary N) is 1. The molecule has 1 heterocycles. The highest BCUT2D eigenvalue weighted by molar-refractivity contribution is 5.74. The molecule has 9 nitrogen and oxygen atoms in total. The first-order valence-electron chi connectivity index (χ1n) is 10.9. The number of para-hydroxylation sites is 1. The molecule has 3 aromatic carbocycles. The van der Waals surface area contributed by atoms with Crippen LogP contribution in [-0.2, 0) is 4.79 Å². The number of allylic oxidation sites excluding steroid dienone is 1. The molecule has 3 aromatic rings. The van der Waals surface area contributed by atoms with Crippen molar-refractivity contribution >= 4 is 5.97 Å². The molecule has 0 fully saturated rings. The van der Waals surface area contributed by atoms with Gasteiger partial charge in [-0.15, -0.1) is 0 Å². The number of hydrogen-bond donors (Lipinski definition) is 1. The van der Waals surface area contributed by atoms with Gasteiger partial charge >= 0.3 is 5.97 Å². The van der Waals surface area contributed by atoms with Crippen molar-refractivity contribution in [1.29, 1.82) is 5.26 Å². The highest BCUT2D eigenvalue weighted by Gasteiger charge is 2.33. The van der Waals surface area contributed by atoms with Crippen LogP contribution in [0.5, 0.6) is 34.5 Å². The summed E-state index contributed by atoms with van der Waals surface area (Å²) in [5, 5.41) is 9.83. The molecule has 184 valence electrons. The van der Waals surface area contributed by atoms with Crippen LogP contribution in [-0.4, -0.2) is 33.9 Å². The van der Waals surface area contributed by atoms with E-state index in [-0.39, 0.29) is 23.8 Å². The van der Waals surface area contributed by atoms with Crippen LogP contribution in [0, 0.1) is 11.3 Å². The number of nitriles is 1. The van der Waals surface area contributed by atoms with Crippen LogP contribution in [0.2, 0.25) is 0 Å². The highest BCUT2D eigenvalue weighted by Crippen LogP contribution is 2.47. The SMILES string of the molecule is COc1ccc(OCC(=O)Oc2ccc3c(c2)OC(N)=C(C#N)C3c2cccc(OC)c2OC)cc1. The van der Waals surface area contributed by atoms with Crippen molar-refractivity contribution in [3.05, 3.63) is 83.2 Å². The van der Waals surface area contributed by atoms with Gasteiger partial charge in [-0.1, -0.05) is 18.2 Å². The molecule has 1 aliphatic heterocycles. The molecule has 0 bridgehead atoms. The first-order chi connectivity index (χ1) is 17.5. The van der Waals surface area contributed by atoms with Crippen molar-refractivity contribution in [1.82, 2.24) is 0 Å². The molecular formula is C27H24N2O7. The topological polar surface area (TPSA) is 122 Å². The first-order valence-corrected chi connectivity index (χ1v) is 10.9. The lowest BCUT2D eigenvalue weighted by Gasteiger charge is -2.28. The molecule has 1 aliphatic rings. The maximum Gasteiger partial charge on any atom is 0.349 e. The maximum atomic E-state index is 12.4. The Kier molecular flexibility index (Phi) is 7.16. The second-order valence-corrected chi connectivity index (χ2v) is 7.65. The molecule has 0 saturated heterocycles. The number of carbonyl (C=O) groups is 1. The lowest BCUT2D eigenvalue weighted by molar-refractivity contribution is -0.136. The minimum Gasteiger partial charge on any atom is -0.497 e. The van der Waals surface area contributed by atoms with Crippen LogP contribution in [0.4, 0.5) is 0 Å². The third kappa shape index (κ3) is 4.83. The van der Waals surface area contributed by atoms with Gasteiger partial charge in [-0.05, 0) is 36.4 Å². The van der Waals surface area contributed by atoms with E-state index < -0.39 is 11.9 Å². The molecule has 1 unspecified atom stereocenters. The number of benzene rings is 3. The van der Waals surface area contributed by atoms with Crippen molar-refractivity contribution in [2.75, 3.05) is 27.9 Å². The van der Waals surface area contributed by atoms with E-state index in [0.29, 0.717) is 39.9 Å². The Morgan fingerprint density at radius 3 is 2.33 bits per heavy atom. The number of nitrogens with zero attached hydrogens (tertiary/aromatic N) is 1. The number of ether oxygens (including phenoxy) is 6. The fourth-order valence-corrected chi connectivity index (χ4v) is 3.93. The fourth-order valence-electron chi connectivity index (χ4n) is 3.93. The number of hydrogen-bond acceptors (Lipinski definition) is 9. The largest absolute Gasteiger partial charge is 0.497 e. The van der Waals surface area contributed by atoms with E-state index >= 15 is 0 Å². The summed E-state index contributed by atoms with van der Waals surface area (Å²) >= 11 is 0. The zero-order valence-electron chi connectivity index (χ0n) is 19.9. The minimum atomic E-state index is -0.603. The molecule has 2 N–H and O–H groups in total. The summed E-state index contributed by atoms with van der Waals surface area (Å²) in [6, 6.07) is 19.2. The van der Waals surface area contributed by atoms with E-state index in [1.807, 2.05) is 6.07 Å². The van der Waals surface area contributed by atoms with Crippen molar-refractivity contribution < 1.29 is 33.2 Å². The van der Waals surface area contributed by atoms with E-state index in [1.165, 1.54) is 14.2 Å². The molecule has 0 saturated carbocycles. The molecular weight excluding hydrogens is 464 g/mol. The summed E-state index contributed by atoms with van der Waals surface area (Å²) in [7, 11) is 4.63. The van der Waals surface area contributed by atoms with Gasteiger partial charge in [0.25, 0.3) is 0 Å². The van der Waals surface area contributed by atoms with E-state index in [1.54, 1.807) is 61.7 Å². The van der Waals surface area contributed by atoms with Gasteiger partial charge in [0.1, 0.15) is 34.6 Å². The fraction of sp³-hybridized carbons (Fsp3) is 0.185. The van der Waals surface area contributed by atoms with Crippen molar-refractivity contribution in [3.8, 4) is 40.6 Å². The van der Waals surface area contributed by atoms with Gasteiger partial charge < -0.3 is 34.2 Å². The average molecular weight is 488 g/mol. The van der Waals surface area contributed by atoms with E-state index in [9.17, 15) is 10.1 Å². The molecule has 0 aromatic heterocycles. The Labute approximate surface area is 208 Å². The highest BCUT2D eigenvalue weighted by atomic mass is 16.6. The maximum absolute atomic E-state index is 12.4. The van der Waals surface area contributed by atoms with Gasteiger partial charge in [-0.2, -0.15) is 5.26 Å². The first kappa shape index (κ1) is 24.3. The zero-order valence-corrected chi connectivity index (χ0v) is 19.9. The number of methoxy groups -OCH3 is 3. The Morgan fingerprint density at radius 2 is 1.67 bits per heavy atom. The number of rotatable bonds is 8. The Balaban J connectivity index is 1.58. The predicted molar refractivity (Wildman–Crippen MR) is 129 cm³/mol. The molecule has 4 rings (SSSR count). The van der Waals surface area contributed by atoms with Gasteiger partial charge in [0.2, 0.25) is 5.88 Å². The van der Waals surface area contributed by atoms with Crippen molar-refractivity contribution in [2.24, 2.45) is 5.73 Å². The van der Waals surface area contributed by atoms with Gasteiger partial charge in [0.15, 0.2) is 18.1 Å². The summed E-state index contributed by atoms with van der Waals surface area (Å²) in [5.41, 5.74) is 7.67. The van der Waals surface area contributed by atoms with Crippen LogP contribution in [0.3, 0.4) is 0 Å². The van der Waals surface area contributed by atoms with E-state index in [4.69, 9.17) is 34.2 Å². The number of carbonyl (C=O) groups excluding carboxylic acids is 1. The lowest BCUT2D eigenvalue weighted by Crippen LogP contribution is -2.22. The van der Waals surface area contributed by atoms with Gasteiger partial charge in [0.05, 0.1) is 27.2 Å². The molecule has 1 atom stereocenters. The van der Waals surface area contributed by atoms with Gasteiger partial charge in [-0.25, -0.2) is 4.79 Å². The lowest BCUT2D eigenvalue weighted by atomic mass is 9.83. The minimum absolute atomic E-state index is 0.0498. The Bertz CT molecular complexity index is 1340. The predicted octanol–water partition coefficient (Wildman–Crippen LogP) is 3.91. The smallest absolute Gasteiger partial charge is 0.349 e. The van der Waals surface area contributed by atoms with Crippen LogP contribution in [0.15, 0.2) is 72.1 Å².